The van der Waals surface area contributed by atoms with Gasteiger partial charge in [-0.25, -0.2) is 9.78 Å². The molecule has 230 valence electrons. The van der Waals surface area contributed by atoms with E-state index in [1.807, 2.05) is 12.1 Å². The number of aromatic carboxylic acids is 1. The minimum atomic E-state index is -1.32. The number of carboxylic acids is 1. The number of nitrogens with zero attached hydrogens (tertiary/aromatic N) is 3. The second-order valence-corrected chi connectivity index (χ2v) is 9.50. The van der Waals surface area contributed by atoms with Gasteiger partial charge in [0.15, 0.2) is 11.5 Å². The van der Waals surface area contributed by atoms with Crippen molar-refractivity contribution in [3.8, 4) is 23.3 Å². The molecular weight excluding hydrogens is 570 g/mol. The highest BCUT2D eigenvalue weighted by Gasteiger charge is 2.16. The van der Waals surface area contributed by atoms with Crippen LogP contribution in [-0.4, -0.2) is 78.0 Å². The van der Waals surface area contributed by atoms with E-state index in [1.165, 1.54) is 20.4 Å². The molecule has 0 radical (unpaired) electrons. The van der Waals surface area contributed by atoms with Gasteiger partial charge in [-0.1, -0.05) is 11.8 Å². The normalized spacial score (nSPS) is 10.8. The highest BCUT2D eigenvalue weighted by Crippen LogP contribution is 2.33. The second-order valence-electron chi connectivity index (χ2n) is 9.50. The van der Waals surface area contributed by atoms with E-state index < -0.39 is 11.4 Å². The van der Waals surface area contributed by atoms with Gasteiger partial charge in [0, 0.05) is 41.9 Å². The summed E-state index contributed by atoms with van der Waals surface area (Å²) in [7, 11) is 3.05. The average molecular weight is 604 g/mol. The Morgan fingerprint density at radius 3 is 2.48 bits per heavy atom. The monoisotopic (exact) mass is 603 g/mol. The van der Waals surface area contributed by atoms with E-state index in [-0.39, 0.29) is 49.1 Å². The molecule has 2 aromatic heterocycles. The van der Waals surface area contributed by atoms with Crippen LogP contribution in [0.1, 0.15) is 32.6 Å². The van der Waals surface area contributed by atoms with E-state index in [2.05, 4.69) is 21.8 Å². The SMILES string of the molecule is COc1cc(Cc2cnc(N)nc2N)cc(C#Cc2ccc3c(=O)c(C(=O)O)cn(CCOCCOCCO)c3c2)c1OC. The highest BCUT2D eigenvalue weighted by molar-refractivity contribution is 5.92. The van der Waals surface area contributed by atoms with Gasteiger partial charge in [-0.15, -0.1) is 0 Å². The molecule has 0 atom stereocenters. The van der Waals surface area contributed by atoms with Gasteiger partial charge in [0.25, 0.3) is 0 Å². The molecule has 0 bridgehead atoms. The number of rotatable bonds is 13. The molecule has 0 amide bonds. The fraction of sp³-hybridized carbons (Fsp3) is 0.290. The Morgan fingerprint density at radius 2 is 1.80 bits per heavy atom. The van der Waals surface area contributed by atoms with Crippen LogP contribution in [0.5, 0.6) is 11.5 Å². The predicted molar refractivity (Wildman–Crippen MR) is 163 cm³/mol. The topological polar surface area (TPSA) is 194 Å². The predicted octanol–water partition coefficient (Wildman–Crippen LogP) is 1.69. The van der Waals surface area contributed by atoms with Crippen molar-refractivity contribution in [2.45, 2.75) is 13.0 Å². The second kappa shape index (κ2) is 14.8. The fourth-order valence-electron chi connectivity index (χ4n) is 4.50. The number of nitrogens with two attached hydrogens (primary N) is 2. The maximum atomic E-state index is 12.9. The van der Waals surface area contributed by atoms with Crippen LogP contribution in [0.4, 0.5) is 11.8 Å². The van der Waals surface area contributed by atoms with Crippen LogP contribution in [0.3, 0.4) is 0 Å². The molecule has 0 aliphatic rings. The maximum absolute atomic E-state index is 12.9. The van der Waals surface area contributed by atoms with Crippen LogP contribution >= 0.6 is 0 Å². The number of fused-ring (bicyclic) bond motifs is 1. The average Bonchev–Trinajstić information content (AvgIpc) is 3.01. The summed E-state index contributed by atoms with van der Waals surface area (Å²) < 4.78 is 23.6. The molecule has 4 rings (SSSR count). The molecule has 6 N–H and O–H groups in total. The van der Waals surface area contributed by atoms with Gasteiger partial charge in [0.1, 0.15) is 11.4 Å². The highest BCUT2D eigenvalue weighted by atomic mass is 16.5. The lowest BCUT2D eigenvalue weighted by Crippen LogP contribution is -2.20. The van der Waals surface area contributed by atoms with Crippen LogP contribution in [0.15, 0.2) is 47.5 Å². The molecule has 0 spiro atoms. The number of carbonyl (C=O) groups is 1. The fourth-order valence-corrected chi connectivity index (χ4v) is 4.50. The lowest BCUT2D eigenvalue weighted by Gasteiger charge is -2.13. The Balaban J connectivity index is 1.68. The Morgan fingerprint density at radius 1 is 1.02 bits per heavy atom. The number of benzene rings is 2. The Kier molecular flexibility index (Phi) is 10.7. The molecule has 44 heavy (non-hydrogen) atoms. The number of anilines is 2. The smallest absolute Gasteiger partial charge is 0.341 e. The lowest BCUT2D eigenvalue weighted by molar-refractivity contribution is 0.0311. The van der Waals surface area contributed by atoms with E-state index >= 15 is 0 Å². The number of aliphatic hydroxyl groups is 1. The molecule has 2 aromatic carbocycles. The largest absolute Gasteiger partial charge is 0.493 e. The first-order valence-corrected chi connectivity index (χ1v) is 13.6. The minimum absolute atomic E-state index is 0.0769. The zero-order chi connectivity index (χ0) is 31.6. The van der Waals surface area contributed by atoms with Crippen molar-refractivity contribution in [1.29, 1.82) is 0 Å². The van der Waals surface area contributed by atoms with Crippen molar-refractivity contribution >= 4 is 28.6 Å². The standard InChI is InChI=1S/C31H33N5O8/c1-41-26-16-20(14-22-17-34-31(33)35-29(22)32)13-21(28(26)42-2)5-3-19-4-6-23-25(15-19)36(18-24(27(23)38)30(39)40)7-9-43-11-12-44-10-8-37/h4,6,13,15-18,37H,7-12,14H2,1-2H3,(H,39,40)(H4,32,33,34,35). The Labute approximate surface area is 253 Å². The molecule has 13 nitrogen and oxygen atoms in total. The zero-order valence-electron chi connectivity index (χ0n) is 24.3. The summed E-state index contributed by atoms with van der Waals surface area (Å²) in [5, 5.41) is 18.6. The van der Waals surface area contributed by atoms with Gasteiger partial charge in [-0.05, 0) is 35.9 Å². The molecule has 0 aliphatic carbocycles. The van der Waals surface area contributed by atoms with Crippen LogP contribution in [0, 0.1) is 11.8 Å². The summed E-state index contributed by atoms with van der Waals surface area (Å²) >= 11 is 0. The first-order chi connectivity index (χ1) is 21.2. The molecule has 13 heteroatoms. The molecule has 2 heterocycles. The first-order valence-electron chi connectivity index (χ1n) is 13.6. The number of methoxy groups -OCH3 is 2. The van der Waals surface area contributed by atoms with Gasteiger partial charge in [-0.2, -0.15) is 4.98 Å². The van der Waals surface area contributed by atoms with E-state index in [0.717, 1.165) is 5.56 Å². The van der Waals surface area contributed by atoms with Crippen molar-refractivity contribution in [1.82, 2.24) is 14.5 Å². The Bertz CT molecular complexity index is 1780. The van der Waals surface area contributed by atoms with E-state index in [9.17, 15) is 14.7 Å². The summed E-state index contributed by atoms with van der Waals surface area (Å²) in [5.41, 5.74) is 13.9. The van der Waals surface area contributed by atoms with Gasteiger partial charge >= 0.3 is 5.97 Å². The van der Waals surface area contributed by atoms with Gasteiger partial charge in [0.05, 0.1) is 58.3 Å². The minimum Gasteiger partial charge on any atom is -0.493 e. The number of nitrogen functional groups attached to an aromatic ring is 2. The first kappa shape index (κ1) is 31.8. The van der Waals surface area contributed by atoms with E-state index in [1.54, 1.807) is 29.0 Å². The zero-order valence-corrected chi connectivity index (χ0v) is 24.3. The third kappa shape index (κ3) is 7.61. The number of hydrogen-bond donors (Lipinski definition) is 4. The summed E-state index contributed by atoms with van der Waals surface area (Å²) in [6.45, 7) is 1.26. The van der Waals surface area contributed by atoms with Crippen molar-refractivity contribution in [3.63, 3.8) is 0 Å². The molecule has 0 unspecified atom stereocenters. The van der Waals surface area contributed by atoms with E-state index in [4.69, 9.17) is 35.5 Å². The molecule has 0 aliphatic heterocycles. The molecule has 0 fully saturated rings. The molecule has 4 aromatic rings. The molecular formula is C31H33N5O8. The number of hydrogen-bond acceptors (Lipinski definition) is 11. The van der Waals surface area contributed by atoms with Crippen LogP contribution in [0.25, 0.3) is 10.9 Å². The van der Waals surface area contributed by atoms with Crippen LogP contribution in [-0.2, 0) is 22.4 Å². The number of aromatic nitrogens is 3. The van der Waals surface area contributed by atoms with Crippen molar-refractivity contribution in [3.05, 3.63) is 80.8 Å². The van der Waals surface area contributed by atoms with Crippen LogP contribution < -0.4 is 26.4 Å². The van der Waals surface area contributed by atoms with Crippen molar-refractivity contribution < 1.29 is 34.0 Å². The number of carboxylic acid groups (broad SMARTS) is 1. The molecule has 0 saturated heterocycles. The van der Waals surface area contributed by atoms with E-state index in [0.29, 0.717) is 53.3 Å². The van der Waals surface area contributed by atoms with Crippen molar-refractivity contribution in [2.75, 3.05) is 58.7 Å². The quantitative estimate of drug-likeness (QED) is 0.128. The van der Waals surface area contributed by atoms with Crippen LogP contribution in [0.2, 0.25) is 0 Å². The summed E-state index contributed by atoms with van der Waals surface area (Å²) in [5.74, 6) is 6.20. The Hall–Kier alpha value is -5.16. The van der Waals surface area contributed by atoms with Gasteiger partial charge < -0.3 is 45.2 Å². The summed E-state index contributed by atoms with van der Waals surface area (Å²) in [4.78, 5) is 32.7. The summed E-state index contributed by atoms with van der Waals surface area (Å²) in [6.07, 6.45) is 3.27. The number of aliphatic hydroxyl groups excluding tert-OH is 1. The van der Waals surface area contributed by atoms with Crippen molar-refractivity contribution in [2.24, 2.45) is 0 Å². The lowest BCUT2D eigenvalue weighted by atomic mass is 10.0. The maximum Gasteiger partial charge on any atom is 0.341 e. The third-order valence-electron chi connectivity index (χ3n) is 6.59. The molecule has 0 saturated carbocycles. The summed E-state index contributed by atoms with van der Waals surface area (Å²) in [6, 6.07) is 8.60. The number of pyridine rings is 1. The van der Waals surface area contributed by atoms with Gasteiger partial charge in [-0.3, -0.25) is 4.79 Å². The number of ether oxygens (including phenoxy) is 4. The third-order valence-corrected chi connectivity index (χ3v) is 6.59. The van der Waals surface area contributed by atoms with Gasteiger partial charge in [0.2, 0.25) is 11.4 Å².